The summed E-state index contributed by atoms with van der Waals surface area (Å²) < 4.78 is 150. The molecule has 0 spiro atoms. The molecule has 0 fully saturated rings. The summed E-state index contributed by atoms with van der Waals surface area (Å²) in [4.78, 5) is 9.61. The first-order valence-corrected chi connectivity index (χ1v) is 4.74. The monoisotopic (exact) mass is 418 g/mol. The van der Waals surface area contributed by atoms with E-state index in [2.05, 4.69) is 11.6 Å². The number of carbonyl (C=O) groups excluding carboxylic acids is 1. The van der Waals surface area contributed by atoms with Gasteiger partial charge in [-0.2, -0.15) is 52.7 Å². The molecule has 0 radical (unpaired) electrons. The van der Waals surface area contributed by atoms with Crippen molar-refractivity contribution in [1.82, 2.24) is 0 Å². The molecule has 0 unspecified atom stereocenters. The van der Waals surface area contributed by atoms with Crippen LogP contribution >= 0.6 is 11.6 Å². The van der Waals surface area contributed by atoms with Crippen molar-refractivity contribution < 1.29 is 114 Å². The summed E-state index contributed by atoms with van der Waals surface area (Å²) in [7, 11) is 0. The molecule has 0 aliphatic carbocycles. The average molecular weight is 419 g/mol. The van der Waals surface area contributed by atoms with E-state index in [-0.39, 0.29) is 51.4 Å². The van der Waals surface area contributed by atoms with Crippen LogP contribution in [0.4, 0.5) is 52.7 Å². The summed E-state index contributed by atoms with van der Waals surface area (Å²) in [6.07, 6.45) is 0. The molecule has 0 aromatic heterocycles. The van der Waals surface area contributed by atoms with Crippen LogP contribution in [0.5, 0.6) is 0 Å². The number of carboxylic acid groups (broad SMARTS) is 1. The number of alkyl halides is 13. The van der Waals surface area contributed by atoms with E-state index >= 15 is 0 Å². The summed E-state index contributed by atoms with van der Waals surface area (Å²) >= 11 is 3.38. The fraction of sp³-hybridized carbons (Fsp3) is 0.857. The van der Waals surface area contributed by atoms with Crippen LogP contribution in [0, 0.1) is 0 Å². The van der Waals surface area contributed by atoms with Crippen LogP contribution in [0.3, 0.4) is 0 Å². The largest absolute Gasteiger partial charge is 1.00 e. The number of hydrogen-bond donors (Lipinski definition) is 0. The first-order chi connectivity index (χ1) is 9.19. The molecule has 0 saturated heterocycles. The molecule has 16 heteroatoms. The van der Waals surface area contributed by atoms with Crippen LogP contribution in [0.15, 0.2) is 0 Å². The topological polar surface area (TPSA) is 40.1 Å². The van der Waals surface area contributed by atoms with Crippen LogP contribution < -0.4 is 56.5 Å². The minimum Gasteiger partial charge on any atom is -0.544 e. The number of hydrogen-bond acceptors (Lipinski definition) is 2. The van der Waals surface area contributed by atoms with Crippen LogP contribution in [0.2, 0.25) is 0 Å². The molecule has 0 aliphatic heterocycles. The molecular weight excluding hydrogens is 419 g/mol. The molecule has 0 aromatic rings. The zero-order valence-corrected chi connectivity index (χ0v) is 14.1. The van der Waals surface area contributed by atoms with Crippen molar-refractivity contribution in [2.45, 2.75) is 35.0 Å². The molecule has 132 valence electrons. The smallest absolute Gasteiger partial charge is 0.544 e. The van der Waals surface area contributed by atoms with Gasteiger partial charge in [0.05, 0.1) is 0 Å². The van der Waals surface area contributed by atoms with Gasteiger partial charge in [-0.25, -0.2) is 0 Å². The van der Waals surface area contributed by atoms with Gasteiger partial charge in [-0.15, -0.1) is 0 Å². The van der Waals surface area contributed by atoms with E-state index in [1.807, 2.05) is 0 Å². The van der Waals surface area contributed by atoms with Gasteiger partial charge in [0.25, 0.3) is 0 Å². The Morgan fingerprint density at radius 1 is 0.652 bits per heavy atom. The van der Waals surface area contributed by atoms with Crippen molar-refractivity contribution >= 4 is 17.6 Å². The normalized spacial score (nSPS) is 15.2. The first kappa shape index (κ1) is 25.8. The molecular formula is C7ClF12KO2. The van der Waals surface area contributed by atoms with Crippen LogP contribution in [0.25, 0.3) is 0 Å². The van der Waals surface area contributed by atoms with Gasteiger partial charge in [0.2, 0.25) is 0 Å². The van der Waals surface area contributed by atoms with Crippen molar-refractivity contribution in [3.8, 4) is 0 Å². The quantitative estimate of drug-likeness (QED) is 0.339. The third-order valence-electron chi connectivity index (χ3n) is 2.19. The Labute approximate surface area is 165 Å². The molecule has 0 saturated carbocycles. The second-order valence-electron chi connectivity index (χ2n) is 3.66. The van der Waals surface area contributed by atoms with Crippen molar-refractivity contribution in [3.63, 3.8) is 0 Å². The van der Waals surface area contributed by atoms with Crippen molar-refractivity contribution in [2.75, 3.05) is 0 Å². The number of rotatable bonds is 6. The Hall–Kier alpha value is 0.556. The summed E-state index contributed by atoms with van der Waals surface area (Å²) in [6.45, 7) is 0. The molecule has 0 amide bonds. The fourth-order valence-electron chi connectivity index (χ4n) is 0.898. The zero-order chi connectivity index (χ0) is 18.6. The Balaban J connectivity index is 0. The average Bonchev–Trinajstić information content (AvgIpc) is 2.25. The van der Waals surface area contributed by atoms with Gasteiger partial charge in [-0.1, -0.05) is 0 Å². The van der Waals surface area contributed by atoms with Crippen molar-refractivity contribution in [2.24, 2.45) is 0 Å². The van der Waals surface area contributed by atoms with Crippen molar-refractivity contribution in [3.05, 3.63) is 0 Å². The van der Waals surface area contributed by atoms with Gasteiger partial charge in [0.15, 0.2) is 0 Å². The molecule has 0 heterocycles. The standard InChI is InChI=1S/C7HClF12O2.K/c8-7(19,20)6(17,18)5(15,16)4(13,14)3(11,12)2(9,10)1(21)22;/h(H,21,22);/q;+1/p-1. The molecule has 0 atom stereocenters. The Morgan fingerprint density at radius 2 is 0.913 bits per heavy atom. The second-order valence-corrected chi connectivity index (χ2v) is 4.13. The second kappa shape index (κ2) is 6.70. The van der Waals surface area contributed by atoms with E-state index in [1.165, 1.54) is 0 Å². The zero-order valence-electron chi connectivity index (χ0n) is 10.2. The van der Waals surface area contributed by atoms with Crippen LogP contribution in [-0.2, 0) is 4.79 Å². The maximum atomic E-state index is 12.7. The molecule has 0 aromatic carbocycles. The summed E-state index contributed by atoms with van der Waals surface area (Å²) in [5.41, 5.74) is 0. The number of carboxylic acids is 1. The van der Waals surface area contributed by atoms with E-state index in [1.54, 1.807) is 0 Å². The summed E-state index contributed by atoms with van der Waals surface area (Å²) in [5, 5.41) is 3.04. The molecule has 0 rings (SSSR count). The molecule has 0 bridgehead atoms. The van der Waals surface area contributed by atoms with Gasteiger partial charge < -0.3 is 9.90 Å². The van der Waals surface area contributed by atoms with Crippen LogP contribution in [-0.4, -0.2) is 41.0 Å². The Bertz CT molecular complexity index is 459. The van der Waals surface area contributed by atoms with E-state index in [9.17, 15) is 62.6 Å². The predicted octanol–water partition coefficient (Wildman–Crippen LogP) is -0.252. The van der Waals surface area contributed by atoms with E-state index in [0.29, 0.717) is 0 Å². The number of halogens is 13. The minimum absolute atomic E-state index is 0. The molecule has 0 aliphatic rings. The Kier molecular flexibility index (Phi) is 7.51. The van der Waals surface area contributed by atoms with Gasteiger partial charge in [-0.05, 0) is 11.6 Å². The first-order valence-electron chi connectivity index (χ1n) is 4.37. The molecule has 23 heavy (non-hydrogen) atoms. The van der Waals surface area contributed by atoms with E-state index in [0.717, 1.165) is 0 Å². The predicted molar refractivity (Wildman–Crippen MR) is 40.5 cm³/mol. The third kappa shape index (κ3) is 3.59. The summed E-state index contributed by atoms with van der Waals surface area (Å²) in [6, 6.07) is 0. The van der Waals surface area contributed by atoms with Gasteiger partial charge in [0, 0.05) is 0 Å². The van der Waals surface area contributed by atoms with Gasteiger partial charge >= 0.3 is 86.4 Å². The van der Waals surface area contributed by atoms with E-state index < -0.39 is 41.0 Å². The van der Waals surface area contributed by atoms with Gasteiger partial charge in [-0.3, -0.25) is 0 Å². The van der Waals surface area contributed by atoms with Gasteiger partial charge in [0.1, 0.15) is 5.97 Å². The van der Waals surface area contributed by atoms with E-state index in [4.69, 9.17) is 0 Å². The number of carbonyl (C=O) groups is 1. The fourth-order valence-corrected chi connectivity index (χ4v) is 1.02. The van der Waals surface area contributed by atoms with Crippen molar-refractivity contribution in [1.29, 1.82) is 0 Å². The SMILES string of the molecule is O=C([O-])C(F)(F)C(F)(F)C(F)(F)C(F)(F)C(F)(F)C(F)(F)Cl.[K+]. The Morgan fingerprint density at radius 3 is 1.13 bits per heavy atom. The maximum Gasteiger partial charge on any atom is 1.00 e. The third-order valence-corrected chi connectivity index (χ3v) is 2.43. The maximum absolute atomic E-state index is 12.7. The summed E-state index contributed by atoms with van der Waals surface area (Å²) in [5.74, 6) is -42.4. The molecule has 0 N–H and O–H groups in total. The molecule has 2 nitrogen and oxygen atoms in total. The number of aliphatic carboxylic acids is 1. The van der Waals surface area contributed by atoms with Crippen LogP contribution in [0.1, 0.15) is 0 Å². The minimum atomic E-state index is -7.95.